The van der Waals surface area contributed by atoms with Gasteiger partial charge in [0.05, 0.1) is 20.3 Å². The van der Waals surface area contributed by atoms with E-state index in [1.54, 1.807) is 0 Å². The standard InChI is InChI=1S/C25H50O9/c1-4-5-6-7-8-9-10-11-12-13-14-15-16-17-18-20-23-27-31-33-34-32-28-24-21-19-22-25(2)29-30-26-3/h2,4-24H2,1,3H3. The Kier molecular flexibility index (Phi) is 29.6. The summed E-state index contributed by atoms with van der Waals surface area (Å²) in [6.45, 7) is 6.65. The zero-order chi connectivity index (χ0) is 24.8. The second-order valence-corrected chi connectivity index (χ2v) is 8.53. The van der Waals surface area contributed by atoms with Crippen LogP contribution in [0.2, 0.25) is 0 Å². The number of hydrogen-bond donors (Lipinski definition) is 0. The molecule has 0 radical (unpaired) electrons. The van der Waals surface area contributed by atoms with Crippen molar-refractivity contribution in [1.29, 1.82) is 0 Å². The summed E-state index contributed by atoms with van der Waals surface area (Å²) in [6.07, 6.45) is 23.3. The van der Waals surface area contributed by atoms with Crippen molar-refractivity contribution in [2.75, 3.05) is 20.3 Å². The monoisotopic (exact) mass is 494 g/mol. The maximum Gasteiger partial charge on any atom is 0.138 e. The van der Waals surface area contributed by atoms with Crippen LogP contribution in [0.15, 0.2) is 12.3 Å². The highest BCUT2D eigenvalue weighted by Gasteiger charge is 1.99. The summed E-state index contributed by atoms with van der Waals surface area (Å²) in [6, 6.07) is 0. The highest BCUT2D eigenvalue weighted by Crippen LogP contribution is 2.13. The van der Waals surface area contributed by atoms with Crippen LogP contribution < -0.4 is 0 Å². The van der Waals surface area contributed by atoms with E-state index in [4.69, 9.17) is 9.78 Å². The molecule has 0 fully saturated rings. The van der Waals surface area contributed by atoms with E-state index in [2.05, 4.69) is 48.5 Å². The van der Waals surface area contributed by atoms with Crippen LogP contribution in [0.25, 0.3) is 0 Å². The van der Waals surface area contributed by atoms with Crippen LogP contribution in [0, 0.1) is 0 Å². The van der Waals surface area contributed by atoms with E-state index in [1.165, 1.54) is 97.0 Å². The van der Waals surface area contributed by atoms with Crippen molar-refractivity contribution < 1.29 is 44.7 Å². The van der Waals surface area contributed by atoms with Gasteiger partial charge >= 0.3 is 0 Å². The summed E-state index contributed by atoms with van der Waals surface area (Å²) < 4.78 is 0. The molecule has 0 aromatic rings. The van der Waals surface area contributed by atoms with Gasteiger partial charge in [0.2, 0.25) is 0 Å². The molecule has 0 bridgehead atoms. The molecule has 0 aromatic heterocycles. The summed E-state index contributed by atoms with van der Waals surface area (Å²) in [5.41, 5.74) is 0. The van der Waals surface area contributed by atoms with E-state index >= 15 is 0 Å². The summed E-state index contributed by atoms with van der Waals surface area (Å²) in [5.74, 6) is 0.456. The van der Waals surface area contributed by atoms with E-state index in [-0.39, 0.29) is 0 Å². The molecule has 0 unspecified atom stereocenters. The molecule has 0 atom stereocenters. The smallest absolute Gasteiger partial charge is 0.138 e. The average molecular weight is 495 g/mol. The molecule has 0 aliphatic rings. The summed E-state index contributed by atoms with van der Waals surface area (Å²) in [7, 11) is 1.34. The maximum atomic E-state index is 4.83. The molecule has 0 aliphatic heterocycles. The Morgan fingerprint density at radius 1 is 0.500 bits per heavy atom. The summed E-state index contributed by atoms with van der Waals surface area (Å²) in [4.78, 5) is 18.5. The van der Waals surface area contributed by atoms with Gasteiger partial charge in [0.25, 0.3) is 0 Å². The SMILES string of the molecule is C=C(CCCCOOOOOOCCCCCCCCCCCCCCCCCC)OOOC. The molecule has 0 amide bonds. The molecule has 0 rings (SSSR count). The maximum absolute atomic E-state index is 4.83. The Labute approximate surface area is 206 Å². The van der Waals surface area contributed by atoms with Crippen molar-refractivity contribution in [3.63, 3.8) is 0 Å². The van der Waals surface area contributed by atoms with E-state index in [9.17, 15) is 0 Å². The molecule has 0 heterocycles. The minimum Gasteiger partial charge on any atom is -0.314 e. The number of rotatable bonds is 30. The third-order valence-corrected chi connectivity index (χ3v) is 5.41. The lowest BCUT2D eigenvalue weighted by molar-refractivity contribution is -0.756. The Balaban J connectivity index is 3.05. The quantitative estimate of drug-likeness (QED) is 0.0425. The third kappa shape index (κ3) is 29.3. The molecule has 0 aromatic carbocycles. The van der Waals surface area contributed by atoms with Crippen LogP contribution in [0.4, 0.5) is 0 Å². The molecule has 0 aliphatic carbocycles. The lowest BCUT2D eigenvalue weighted by Gasteiger charge is -2.05. The fraction of sp³-hybridized carbons (Fsp3) is 0.920. The van der Waals surface area contributed by atoms with Crippen molar-refractivity contribution in [1.82, 2.24) is 0 Å². The normalized spacial score (nSPS) is 11.2. The molecule has 0 saturated carbocycles. The predicted molar refractivity (Wildman–Crippen MR) is 128 cm³/mol. The fourth-order valence-electron chi connectivity index (χ4n) is 3.45. The topological polar surface area (TPSA) is 83.1 Å². The van der Waals surface area contributed by atoms with Crippen molar-refractivity contribution in [3.8, 4) is 0 Å². The summed E-state index contributed by atoms with van der Waals surface area (Å²) in [5, 5.41) is 21.4. The van der Waals surface area contributed by atoms with Crippen molar-refractivity contribution >= 4 is 0 Å². The van der Waals surface area contributed by atoms with E-state index in [1.807, 2.05) is 0 Å². The van der Waals surface area contributed by atoms with Gasteiger partial charge < -0.3 is 4.89 Å². The van der Waals surface area contributed by atoms with Crippen molar-refractivity contribution in [2.45, 2.75) is 129 Å². The van der Waals surface area contributed by atoms with Crippen LogP contribution in [0.3, 0.4) is 0 Å². The molecule has 204 valence electrons. The van der Waals surface area contributed by atoms with Gasteiger partial charge in [-0.25, -0.2) is 9.78 Å². The van der Waals surface area contributed by atoms with Crippen molar-refractivity contribution in [3.05, 3.63) is 12.3 Å². The van der Waals surface area contributed by atoms with Crippen molar-refractivity contribution in [2.24, 2.45) is 0 Å². The number of allylic oxidation sites excluding steroid dienone is 1. The fourth-order valence-corrected chi connectivity index (χ4v) is 3.45. The Hall–Kier alpha value is -0.780. The van der Waals surface area contributed by atoms with Gasteiger partial charge in [0.1, 0.15) is 5.76 Å². The lowest BCUT2D eigenvalue weighted by Crippen LogP contribution is -2.03. The molecule has 0 spiro atoms. The zero-order valence-corrected chi connectivity index (χ0v) is 21.7. The van der Waals surface area contributed by atoms with Gasteiger partial charge in [-0.05, 0) is 44.5 Å². The largest absolute Gasteiger partial charge is 0.314 e. The number of hydrogen-bond acceptors (Lipinski definition) is 9. The molecule has 0 N–H and O–H groups in total. The first kappa shape index (κ1) is 33.2. The van der Waals surface area contributed by atoms with Gasteiger partial charge in [-0.15, -0.1) is 0 Å². The van der Waals surface area contributed by atoms with E-state index < -0.39 is 0 Å². The van der Waals surface area contributed by atoms with E-state index in [0.29, 0.717) is 31.8 Å². The first-order chi connectivity index (χ1) is 16.8. The minimum atomic E-state index is 0.293. The summed E-state index contributed by atoms with van der Waals surface area (Å²) >= 11 is 0. The Morgan fingerprint density at radius 2 is 0.912 bits per heavy atom. The second-order valence-electron chi connectivity index (χ2n) is 8.53. The number of unbranched alkanes of at least 4 members (excludes halogenated alkanes) is 16. The highest BCUT2D eigenvalue weighted by atomic mass is 17.8. The van der Waals surface area contributed by atoms with Gasteiger partial charge in [-0.2, -0.15) is 4.89 Å². The van der Waals surface area contributed by atoms with Gasteiger partial charge in [-0.1, -0.05) is 110 Å². The average Bonchev–Trinajstić information content (AvgIpc) is 2.84. The van der Waals surface area contributed by atoms with Crippen LogP contribution in [-0.4, -0.2) is 20.3 Å². The highest BCUT2D eigenvalue weighted by molar-refractivity contribution is 4.79. The van der Waals surface area contributed by atoms with E-state index in [0.717, 1.165) is 19.3 Å². The molecule has 0 saturated heterocycles. The van der Waals surface area contributed by atoms with Crippen LogP contribution in [0.5, 0.6) is 0 Å². The van der Waals surface area contributed by atoms with Gasteiger partial charge in [-0.3, -0.25) is 0 Å². The molecule has 9 heteroatoms. The minimum absolute atomic E-state index is 0.293. The van der Waals surface area contributed by atoms with Crippen LogP contribution in [0.1, 0.15) is 129 Å². The molecular weight excluding hydrogens is 444 g/mol. The molecular formula is C25H50O9. The second kappa shape index (κ2) is 30.3. The predicted octanol–water partition coefficient (Wildman–Crippen LogP) is 8.12. The van der Waals surface area contributed by atoms with Crippen LogP contribution in [-0.2, 0) is 44.7 Å². The third-order valence-electron chi connectivity index (χ3n) is 5.41. The van der Waals surface area contributed by atoms with Crippen LogP contribution >= 0.6 is 0 Å². The molecule has 34 heavy (non-hydrogen) atoms. The molecule has 9 nitrogen and oxygen atoms in total. The Bertz CT molecular complexity index is 397. The van der Waals surface area contributed by atoms with Gasteiger partial charge in [0.15, 0.2) is 0 Å². The lowest BCUT2D eigenvalue weighted by atomic mass is 10.0. The van der Waals surface area contributed by atoms with Gasteiger partial charge in [0, 0.05) is 6.42 Å². The zero-order valence-electron chi connectivity index (χ0n) is 21.7. The Morgan fingerprint density at radius 3 is 1.35 bits per heavy atom. The first-order valence-electron chi connectivity index (χ1n) is 13.3. The first-order valence-corrected chi connectivity index (χ1v) is 13.3.